The molecule has 14 heteroatoms. The fourth-order valence-corrected chi connectivity index (χ4v) is 6.08. The summed E-state index contributed by atoms with van der Waals surface area (Å²) in [6, 6.07) is 14.3. The van der Waals surface area contributed by atoms with Crippen LogP contribution < -0.4 is 24.8 Å². The van der Waals surface area contributed by atoms with Crippen LogP contribution in [-0.2, 0) is 9.59 Å². The number of anilines is 2. The third kappa shape index (κ3) is 7.39. The van der Waals surface area contributed by atoms with Crippen LogP contribution in [0.5, 0.6) is 23.0 Å². The first-order chi connectivity index (χ1) is 24.1. The molecule has 50 heavy (non-hydrogen) atoms. The van der Waals surface area contributed by atoms with E-state index in [1.807, 2.05) is 0 Å². The number of nitrogens with one attached hydrogen (secondary N) is 2. The Morgan fingerprint density at radius 2 is 1.58 bits per heavy atom. The zero-order valence-corrected chi connectivity index (χ0v) is 27.6. The van der Waals surface area contributed by atoms with Crippen LogP contribution in [-0.4, -0.2) is 84.2 Å². The van der Waals surface area contributed by atoms with Gasteiger partial charge in [0.25, 0.3) is 0 Å². The fourth-order valence-electron chi connectivity index (χ4n) is 6.08. The van der Waals surface area contributed by atoms with Gasteiger partial charge in [-0.25, -0.2) is 13.6 Å². The smallest absolute Gasteiger partial charge is 0.407 e. The maximum Gasteiger partial charge on any atom is 0.407 e. The molecule has 262 valence electrons. The van der Waals surface area contributed by atoms with Gasteiger partial charge in [0.2, 0.25) is 11.8 Å². The number of pyridine rings is 1. The standard InChI is InChI=1S/C36H37F2N5O7/c1-22-21-36(22,33(44)40-24-6-4-23(37)5-7-24)34(45)41-25-8-9-30(27(38)18-25)50-29-10-11-39-28-20-32(31(48-2)19-26(28)29)49-17-3-12-42-13-15-43(16-14-42)35(46)47/h4-11,18-20,22H,3,12-17,21H2,1-2H3,(H,40,44)(H,41,45)(H,46,47)/t22-,36-/m1/s1. The van der Waals surface area contributed by atoms with Crippen LogP contribution in [0.25, 0.3) is 10.9 Å². The molecular formula is C36H37F2N5O7. The van der Waals surface area contributed by atoms with E-state index < -0.39 is 35.0 Å². The van der Waals surface area contributed by atoms with Crippen LogP contribution in [0.1, 0.15) is 19.8 Å². The normalized spacial score (nSPS) is 18.7. The van der Waals surface area contributed by atoms with Gasteiger partial charge in [-0.15, -0.1) is 0 Å². The Balaban J connectivity index is 1.08. The molecule has 0 bridgehead atoms. The second kappa shape index (κ2) is 14.5. The van der Waals surface area contributed by atoms with Crippen molar-refractivity contribution in [1.82, 2.24) is 14.8 Å². The zero-order chi connectivity index (χ0) is 35.4. The van der Waals surface area contributed by atoms with Gasteiger partial charge in [0.15, 0.2) is 23.1 Å². The highest BCUT2D eigenvalue weighted by Crippen LogP contribution is 2.53. The lowest BCUT2D eigenvalue weighted by atomic mass is 10.0. The number of hydrogen-bond acceptors (Lipinski definition) is 8. The van der Waals surface area contributed by atoms with Crippen LogP contribution in [0.2, 0.25) is 0 Å². The molecule has 2 fully saturated rings. The van der Waals surface area contributed by atoms with Gasteiger partial charge in [0.05, 0.1) is 19.2 Å². The number of amides is 3. The maximum absolute atomic E-state index is 15.3. The summed E-state index contributed by atoms with van der Waals surface area (Å²) in [6.45, 7) is 5.27. The number of carboxylic acid groups (broad SMARTS) is 1. The van der Waals surface area contributed by atoms with E-state index in [1.165, 1.54) is 54.6 Å². The molecule has 4 aromatic rings. The Hall–Kier alpha value is -5.50. The summed E-state index contributed by atoms with van der Waals surface area (Å²) in [5.74, 6) is -1.36. The van der Waals surface area contributed by atoms with E-state index in [1.54, 1.807) is 25.1 Å². The Morgan fingerprint density at radius 3 is 2.22 bits per heavy atom. The quantitative estimate of drug-likeness (QED) is 0.121. The molecule has 0 radical (unpaired) electrons. The highest BCUT2D eigenvalue weighted by Gasteiger charge is 2.63. The average Bonchev–Trinajstić information content (AvgIpc) is 3.81. The average molecular weight is 690 g/mol. The lowest BCUT2D eigenvalue weighted by Crippen LogP contribution is -2.48. The minimum absolute atomic E-state index is 0.0949. The summed E-state index contributed by atoms with van der Waals surface area (Å²) < 4.78 is 46.2. The second-order valence-electron chi connectivity index (χ2n) is 12.4. The minimum atomic E-state index is -1.34. The van der Waals surface area contributed by atoms with Gasteiger partial charge in [-0.1, -0.05) is 6.92 Å². The van der Waals surface area contributed by atoms with Gasteiger partial charge in [-0.05, 0) is 67.3 Å². The van der Waals surface area contributed by atoms with E-state index in [0.717, 1.165) is 19.0 Å². The van der Waals surface area contributed by atoms with Crippen molar-refractivity contribution in [3.8, 4) is 23.0 Å². The molecule has 2 atom stereocenters. The SMILES string of the molecule is COc1cc2c(Oc3ccc(NC(=O)[C@]4(C(=O)Nc5ccc(F)cc5)C[C@H]4C)cc3F)ccnc2cc1OCCCN1CCN(C(=O)O)CC1. The van der Waals surface area contributed by atoms with Crippen LogP contribution in [0.4, 0.5) is 25.0 Å². The molecule has 1 aliphatic heterocycles. The topological polar surface area (TPSA) is 143 Å². The van der Waals surface area contributed by atoms with Crippen molar-refractivity contribution in [3.05, 3.63) is 78.5 Å². The number of benzene rings is 3. The van der Waals surface area contributed by atoms with Gasteiger partial charge in [0.1, 0.15) is 17.0 Å². The molecule has 1 saturated heterocycles. The lowest BCUT2D eigenvalue weighted by Gasteiger charge is -2.32. The van der Waals surface area contributed by atoms with Crippen molar-refractivity contribution >= 4 is 40.2 Å². The van der Waals surface area contributed by atoms with E-state index in [4.69, 9.17) is 19.3 Å². The van der Waals surface area contributed by atoms with E-state index in [-0.39, 0.29) is 17.4 Å². The van der Waals surface area contributed by atoms with Crippen molar-refractivity contribution in [1.29, 1.82) is 0 Å². The third-order valence-electron chi connectivity index (χ3n) is 9.14. The van der Waals surface area contributed by atoms with Gasteiger partial charge in [-0.2, -0.15) is 0 Å². The molecule has 6 rings (SSSR count). The molecule has 3 aromatic carbocycles. The number of nitrogens with zero attached hydrogens (tertiary/aromatic N) is 3. The predicted molar refractivity (Wildman–Crippen MR) is 181 cm³/mol. The number of rotatable bonds is 12. The van der Waals surface area contributed by atoms with Crippen molar-refractivity contribution in [2.75, 3.05) is 57.1 Å². The van der Waals surface area contributed by atoms with Gasteiger partial charge in [-0.3, -0.25) is 19.5 Å². The number of fused-ring (bicyclic) bond motifs is 1. The molecule has 12 nitrogen and oxygen atoms in total. The fraction of sp³-hybridized carbons (Fsp3) is 0.333. The van der Waals surface area contributed by atoms with Crippen LogP contribution >= 0.6 is 0 Å². The second-order valence-corrected chi connectivity index (χ2v) is 12.4. The summed E-state index contributed by atoms with van der Waals surface area (Å²) in [5.41, 5.74) is -0.285. The summed E-state index contributed by atoms with van der Waals surface area (Å²) in [4.78, 5) is 45.5. The Bertz CT molecular complexity index is 1900. The van der Waals surface area contributed by atoms with E-state index in [9.17, 15) is 18.8 Å². The highest BCUT2D eigenvalue weighted by molar-refractivity contribution is 6.17. The number of hydrogen-bond donors (Lipinski definition) is 3. The van der Waals surface area contributed by atoms with Crippen LogP contribution in [0, 0.1) is 23.0 Å². The molecule has 0 unspecified atom stereocenters. The van der Waals surface area contributed by atoms with Gasteiger partial charge < -0.3 is 34.9 Å². The first kappa shape index (κ1) is 34.4. The zero-order valence-electron chi connectivity index (χ0n) is 27.6. The maximum atomic E-state index is 15.3. The first-order valence-corrected chi connectivity index (χ1v) is 16.2. The molecule has 0 spiro atoms. The number of halogens is 2. The van der Waals surface area contributed by atoms with E-state index in [0.29, 0.717) is 73.0 Å². The van der Waals surface area contributed by atoms with Crippen LogP contribution in [0.15, 0.2) is 66.9 Å². The van der Waals surface area contributed by atoms with Crippen molar-refractivity contribution in [2.45, 2.75) is 19.8 Å². The molecule has 3 N–H and O–H groups in total. The van der Waals surface area contributed by atoms with Gasteiger partial charge >= 0.3 is 6.09 Å². The summed E-state index contributed by atoms with van der Waals surface area (Å²) in [6.07, 6.45) is 1.68. The van der Waals surface area contributed by atoms with Crippen molar-refractivity contribution in [3.63, 3.8) is 0 Å². The molecule has 3 amide bonds. The minimum Gasteiger partial charge on any atom is -0.493 e. The molecule has 1 aromatic heterocycles. The number of carbonyl (C=O) groups is 3. The Labute approximate surface area is 286 Å². The number of carbonyl (C=O) groups excluding carboxylic acids is 2. The number of aromatic nitrogens is 1. The summed E-state index contributed by atoms with van der Waals surface area (Å²) in [7, 11) is 1.51. The Kier molecular flexibility index (Phi) is 10.00. The molecule has 2 aliphatic rings. The van der Waals surface area contributed by atoms with Crippen molar-refractivity contribution < 1.29 is 42.5 Å². The number of methoxy groups -OCH3 is 1. The predicted octanol–water partition coefficient (Wildman–Crippen LogP) is 5.98. The number of ether oxygens (including phenoxy) is 3. The third-order valence-corrected chi connectivity index (χ3v) is 9.14. The van der Waals surface area contributed by atoms with Crippen LogP contribution in [0.3, 0.4) is 0 Å². The van der Waals surface area contributed by atoms with E-state index in [2.05, 4.69) is 20.5 Å². The monoisotopic (exact) mass is 689 g/mol. The molecule has 2 heterocycles. The van der Waals surface area contributed by atoms with Gasteiger partial charge in [0, 0.05) is 67.8 Å². The Morgan fingerprint density at radius 1 is 0.900 bits per heavy atom. The molecular weight excluding hydrogens is 652 g/mol. The first-order valence-electron chi connectivity index (χ1n) is 16.2. The largest absolute Gasteiger partial charge is 0.493 e. The molecule has 1 aliphatic carbocycles. The van der Waals surface area contributed by atoms with E-state index >= 15 is 4.39 Å². The highest BCUT2D eigenvalue weighted by atomic mass is 19.1. The van der Waals surface area contributed by atoms with Crippen molar-refractivity contribution in [2.24, 2.45) is 11.3 Å². The lowest BCUT2D eigenvalue weighted by molar-refractivity contribution is -0.131. The summed E-state index contributed by atoms with van der Waals surface area (Å²) >= 11 is 0. The number of piperazine rings is 1. The molecule has 1 saturated carbocycles. The summed E-state index contributed by atoms with van der Waals surface area (Å²) in [5, 5.41) is 15.0.